The second-order valence-corrected chi connectivity index (χ2v) is 4.41. The summed E-state index contributed by atoms with van der Waals surface area (Å²) in [6.07, 6.45) is -1.06. The molecule has 8 nitrogen and oxygen atoms in total. The van der Waals surface area contributed by atoms with Gasteiger partial charge in [-0.15, -0.1) is 4.48 Å². The van der Waals surface area contributed by atoms with Crippen molar-refractivity contribution in [1.29, 1.82) is 0 Å². The van der Waals surface area contributed by atoms with Gasteiger partial charge in [0.2, 0.25) is 11.8 Å². The highest BCUT2D eigenvalue weighted by Crippen LogP contribution is 2.05. The number of hydrogen-bond acceptors (Lipinski definition) is 6. The van der Waals surface area contributed by atoms with Gasteiger partial charge in [0.25, 0.3) is 0 Å². The fourth-order valence-electron chi connectivity index (χ4n) is 1.34. The van der Waals surface area contributed by atoms with Crippen LogP contribution in [0.4, 0.5) is 4.48 Å². The lowest BCUT2D eigenvalue weighted by Gasteiger charge is -2.13. The van der Waals surface area contributed by atoms with Crippen LogP contribution in [-0.2, 0) is 28.7 Å². The van der Waals surface area contributed by atoms with Gasteiger partial charge in [-0.05, 0) is 6.92 Å². The Kier molecular flexibility index (Phi) is 8.66. The van der Waals surface area contributed by atoms with Crippen LogP contribution in [0, 0.1) is 5.92 Å². The van der Waals surface area contributed by atoms with Crippen LogP contribution in [0.5, 0.6) is 0 Å². The topological polar surface area (TPSA) is 111 Å². The number of esters is 2. The highest BCUT2D eigenvalue weighted by molar-refractivity contribution is 5.83. The Hall–Kier alpha value is -2.19. The summed E-state index contributed by atoms with van der Waals surface area (Å²) >= 11 is 0. The third-order valence-electron chi connectivity index (χ3n) is 2.42. The van der Waals surface area contributed by atoms with Gasteiger partial charge in [-0.1, -0.05) is 6.92 Å². The quantitative estimate of drug-likeness (QED) is 0.467. The zero-order valence-corrected chi connectivity index (χ0v) is 12.1. The molecule has 0 spiro atoms. The van der Waals surface area contributed by atoms with E-state index in [1.165, 1.54) is 20.9 Å². The van der Waals surface area contributed by atoms with Crippen molar-refractivity contribution in [2.45, 2.75) is 32.8 Å². The third kappa shape index (κ3) is 8.56. The zero-order chi connectivity index (χ0) is 16.4. The summed E-state index contributed by atoms with van der Waals surface area (Å²) in [4.78, 5) is 44.5. The average Bonchev–Trinajstić information content (AvgIpc) is 2.43. The van der Waals surface area contributed by atoms with Crippen molar-refractivity contribution in [3.63, 3.8) is 0 Å². The van der Waals surface area contributed by atoms with E-state index in [0.29, 0.717) is 0 Å². The van der Waals surface area contributed by atoms with E-state index in [2.05, 4.69) is 10.1 Å². The molecule has 2 unspecified atom stereocenters. The van der Waals surface area contributed by atoms with Crippen LogP contribution in [-0.4, -0.2) is 43.5 Å². The monoisotopic (exact) mass is 306 g/mol. The molecule has 9 heteroatoms. The number of nitrogens with one attached hydrogen (secondary N) is 2. The van der Waals surface area contributed by atoms with Crippen molar-refractivity contribution in [1.82, 2.24) is 10.9 Å². The molecule has 0 aromatic rings. The Morgan fingerprint density at radius 3 is 2.24 bits per heavy atom. The summed E-state index contributed by atoms with van der Waals surface area (Å²) in [6, 6.07) is 0. The van der Waals surface area contributed by atoms with Gasteiger partial charge in [0.05, 0.1) is 12.3 Å². The predicted octanol–water partition coefficient (Wildman–Crippen LogP) is -0.376. The van der Waals surface area contributed by atoms with Gasteiger partial charge in [0.15, 0.2) is 6.61 Å². The van der Waals surface area contributed by atoms with Gasteiger partial charge in [-0.25, -0.2) is 4.79 Å². The van der Waals surface area contributed by atoms with Crippen LogP contribution in [0.1, 0.15) is 26.7 Å². The molecule has 2 atom stereocenters. The minimum absolute atomic E-state index is 0.0107. The first-order valence-corrected chi connectivity index (χ1v) is 6.26. The first-order chi connectivity index (χ1) is 9.79. The summed E-state index contributed by atoms with van der Waals surface area (Å²) in [5.74, 6) is -3.78. The first kappa shape index (κ1) is 18.8. The lowest BCUT2D eigenvalue weighted by Crippen LogP contribution is -2.28. The van der Waals surface area contributed by atoms with E-state index >= 15 is 0 Å². The molecule has 0 aliphatic carbocycles. The number of amides is 2. The highest BCUT2D eigenvalue weighted by Gasteiger charge is 2.20. The maximum Gasteiger partial charge on any atom is 0.344 e. The van der Waals surface area contributed by atoms with Crippen LogP contribution in [0.3, 0.4) is 0 Å². The normalized spacial score (nSPS) is 12.8. The average molecular weight is 306 g/mol. The fourth-order valence-corrected chi connectivity index (χ4v) is 1.34. The van der Waals surface area contributed by atoms with Crippen LogP contribution < -0.4 is 10.9 Å². The van der Waals surface area contributed by atoms with Crippen molar-refractivity contribution in [2.24, 2.45) is 5.92 Å². The molecule has 0 saturated carbocycles. The molecule has 120 valence electrons. The lowest BCUT2D eigenvalue weighted by atomic mass is 10.1. The molecule has 2 amide bonds. The maximum atomic E-state index is 11.7. The van der Waals surface area contributed by atoms with E-state index in [1.807, 2.05) is 0 Å². The zero-order valence-electron chi connectivity index (χ0n) is 12.1. The van der Waals surface area contributed by atoms with Gasteiger partial charge in [-0.3, -0.25) is 14.4 Å². The number of halogens is 1. The Morgan fingerprint density at radius 2 is 1.71 bits per heavy atom. The van der Waals surface area contributed by atoms with Crippen molar-refractivity contribution in [3.05, 3.63) is 0 Å². The smallest absolute Gasteiger partial charge is 0.344 e. The van der Waals surface area contributed by atoms with Crippen molar-refractivity contribution in [2.75, 3.05) is 13.7 Å². The third-order valence-corrected chi connectivity index (χ3v) is 2.42. The predicted molar refractivity (Wildman–Crippen MR) is 68.2 cm³/mol. The second kappa shape index (κ2) is 9.67. The molecular formula is C12H19FN2O6. The number of rotatable bonds is 8. The fraction of sp³-hybridized carbons (Fsp3) is 0.667. The molecule has 0 aromatic carbocycles. The van der Waals surface area contributed by atoms with Crippen molar-refractivity contribution >= 4 is 23.8 Å². The summed E-state index contributed by atoms with van der Waals surface area (Å²) in [7, 11) is 1.45. The minimum atomic E-state index is -0.957. The molecule has 0 aliphatic heterocycles. The van der Waals surface area contributed by atoms with Gasteiger partial charge in [0.1, 0.15) is 6.10 Å². The maximum absolute atomic E-state index is 11.7. The van der Waals surface area contributed by atoms with Crippen LogP contribution in [0.15, 0.2) is 0 Å². The highest BCUT2D eigenvalue weighted by atomic mass is 19.2. The largest absolute Gasteiger partial charge is 0.460 e. The van der Waals surface area contributed by atoms with Crippen LogP contribution in [0.2, 0.25) is 0 Å². The molecule has 0 fully saturated rings. The molecule has 21 heavy (non-hydrogen) atoms. The van der Waals surface area contributed by atoms with E-state index in [1.54, 1.807) is 0 Å². The summed E-state index contributed by atoms with van der Waals surface area (Å²) in [5.41, 5.74) is 0.889. The van der Waals surface area contributed by atoms with E-state index in [9.17, 15) is 23.7 Å². The summed E-state index contributed by atoms with van der Waals surface area (Å²) in [6.45, 7) is 2.23. The van der Waals surface area contributed by atoms with Gasteiger partial charge in [-0.2, -0.15) is 5.54 Å². The molecule has 0 heterocycles. The Morgan fingerprint density at radius 1 is 1.10 bits per heavy atom. The van der Waals surface area contributed by atoms with Crippen molar-refractivity contribution in [3.8, 4) is 0 Å². The SMILES string of the molecule is CNC(=O)CC(C)OC(=O)COC(=O)C(C)CC(=O)NF. The van der Waals surface area contributed by atoms with E-state index in [0.717, 1.165) is 5.54 Å². The lowest BCUT2D eigenvalue weighted by molar-refractivity contribution is -0.164. The summed E-state index contributed by atoms with van der Waals surface area (Å²) < 4.78 is 21.2. The van der Waals surface area contributed by atoms with Crippen LogP contribution >= 0.6 is 0 Å². The van der Waals surface area contributed by atoms with Gasteiger partial charge < -0.3 is 14.8 Å². The van der Waals surface area contributed by atoms with E-state index < -0.39 is 42.9 Å². The number of carbonyl (C=O) groups is 4. The Labute approximate surface area is 121 Å². The molecule has 0 aromatic heterocycles. The van der Waals surface area contributed by atoms with E-state index in [4.69, 9.17) is 4.74 Å². The summed E-state index contributed by atoms with van der Waals surface area (Å²) in [5, 5.41) is 2.37. The number of carbonyl (C=O) groups excluding carboxylic acids is 4. The molecule has 0 radical (unpaired) electrons. The molecule has 0 bridgehead atoms. The number of ether oxygens (including phenoxy) is 2. The number of hydrogen-bond donors (Lipinski definition) is 2. The second-order valence-electron chi connectivity index (χ2n) is 4.41. The van der Waals surface area contributed by atoms with Gasteiger partial charge in [0, 0.05) is 13.5 Å². The minimum Gasteiger partial charge on any atom is -0.460 e. The molecule has 0 rings (SSSR count). The van der Waals surface area contributed by atoms with Crippen molar-refractivity contribution < 1.29 is 33.1 Å². The Balaban J connectivity index is 4.04. The first-order valence-electron chi connectivity index (χ1n) is 6.26. The molecule has 0 aliphatic rings. The Bertz CT molecular complexity index is 401. The molecule has 0 saturated heterocycles. The molecule has 2 N–H and O–H groups in total. The standard InChI is InChI=1S/C12H19FN2O6/c1-7(4-10(17)15-13)12(19)20-6-11(18)21-8(2)5-9(16)14-3/h7-8H,4-6H2,1-3H3,(H,14,16)(H,15,17). The van der Waals surface area contributed by atoms with E-state index in [-0.39, 0.29) is 12.3 Å². The van der Waals surface area contributed by atoms with Gasteiger partial charge >= 0.3 is 11.9 Å². The molecular weight excluding hydrogens is 287 g/mol. The van der Waals surface area contributed by atoms with Crippen LogP contribution in [0.25, 0.3) is 0 Å².